The largest absolute Gasteiger partial charge is 0.748 e. The van der Waals surface area contributed by atoms with Crippen molar-refractivity contribution in [3.8, 4) is 0 Å². The lowest BCUT2D eigenvalue weighted by Crippen LogP contribution is -2.33. The SMILES string of the molecule is CCCCCN1C=CC(c2cc[n+](CCCS(=O)(=O)[O-])cc2)C=C1. The van der Waals surface area contributed by atoms with Crippen molar-refractivity contribution < 1.29 is 17.5 Å². The second-order valence-corrected chi connectivity index (χ2v) is 7.66. The number of rotatable bonds is 9. The maximum absolute atomic E-state index is 10.6. The van der Waals surface area contributed by atoms with Gasteiger partial charge in [0.1, 0.15) is 6.54 Å². The molecular formula is C18H26N2O3S. The van der Waals surface area contributed by atoms with E-state index in [0.717, 1.165) is 6.54 Å². The predicted molar refractivity (Wildman–Crippen MR) is 93.1 cm³/mol. The molecule has 1 aliphatic heterocycles. The number of aryl methyl sites for hydroxylation is 1. The number of allylic oxidation sites excluding steroid dienone is 2. The number of hydrogen-bond donors (Lipinski definition) is 0. The van der Waals surface area contributed by atoms with Crippen LogP contribution in [0.15, 0.2) is 49.1 Å². The summed E-state index contributed by atoms with van der Waals surface area (Å²) in [5, 5.41) is 0. The Labute approximate surface area is 145 Å². The molecule has 0 saturated carbocycles. The van der Waals surface area contributed by atoms with Gasteiger partial charge in [-0.1, -0.05) is 31.9 Å². The summed E-state index contributed by atoms with van der Waals surface area (Å²) in [6.07, 6.45) is 16.6. The molecule has 1 aromatic rings. The van der Waals surface area contributed by atoms with Gasteiger partial charge in [0.2, 0.25) is 0 Å². The second-order valence-electron chi connectivity index (χ2n) is 6.14. The maximum Gasteiger partial charge on any atom is 0.169 e. The Morgan fingerprint density at radius 3 is 2.38 bits per heavy atom. The summed E-state index contributed by atoms with van der Waals surface area (Å²) in [7, 11) is -4.12. The van der Waals surface area contributed by atoms with Crippen LogP contribution in [-0.2, 0) is 16.7 Å². The summed E-state index contributed by atoms with van der Waals surface area (Å²) in [4.78, 5) is 2.22. The van der Waals surface area contributed by atoms with Gasteiger partial charge in [-0.25, -0.2) is 13.0 Å². The summed E-state index contributed by atoms with van der Waals surface area (Å²) in [5.74, 6) is -0.0481. The highest BCUT2D eigenvalue weighted by atomic mass is 32.2. The minimum Gasteiger partial charge on any atom is -0.748 e. The van der Waals surface area contributed by atoms with Crippen molar-refractivity contribution in [2.24, 2.45) is 0 Å². The normalized spacial score (nSPS) is 15.2. The van der Waals surface area contributed by atoms with E-state index in [1.54, 1.807) is 0 Å². The lowest BCUT2D eigenvalue weighted by molar-refractivity contribution is -0.696. The van der Waals surface area contributed by atoms with E-state index in [2.05, 4.69) is 36.4 Å². The highest BCUT2D eigenvalue weighted by Gasteiger charge is 2.11. The lowest BCUT2D eigenvalue weighted by Gasteiger charge is -2.21. The van der Waals surface area contributed by atoms with Gasteiger partial charge in [-0.15, -0.1) is 0 Å². The average Bonchev–Trinajstić information content (AvgIpc) is 2.55. The quantitative estimate of drug-likeness (QED) is 0.390. The summed E-state index contributed by atoms with van der Waals surface area (Å²) < 4.78 is 33.7. The molecule has 24 heavy (non-hydrogen) atoms. The van der Waals surface area contributed by atoms with Gasteiger partial charge in [-0.05, 0) is 12.0 Å². The van der Waals surface area contributed by atoms with Gasteiger partial charge in [0.15, 0.2) is 12.4 Å². The van der Waals surface area contributed by atoms with Gasteiger partial charge >= 0.3 is 0 Å². The zero-order valence-corrected chi connectivity index (χ0v) is 15.0. The highest BCUT2D eigenvalue weighted by molar-refractivity contribution is 7.85. The molecule has 0 amide bonds. The molecule has 0 N–H and O–H groups in total. The van der Waals surface area contributed by atoms with Gasteiger partial charge < -0.3 is 9.45 Å². The molecule has 1 aliphatic rings. The molecule has 2 heterocycles. The number of hydrogen-bond acceptors (Lipinski definition) is 4. The van der Waals surface area contributed by atoms with Gasteiger partial charge in [-0.2, -0.15) is 0 Å². The minimum absolute atomic E-state index is 0.268. The predicted octanol–water partition coefficient (Wildman–Crippen LogP) is 2.53. The van der Waals surface area contributed by atoms with Crippen molar-refractivity contribution >= 4 is 10.1 Å². The van der Waals surface area contributed by atoms with E-state index in [1.807, 2.05) is 29.1 Å². The van der Waals surface area contributed by atoms with Crippen LogP contribution in [0.1, 0.15) is 44.1 Å². The third-order valence-corrected chi connectivity index (χ3v) is 4.89. The average molecular weight is 350 g/mol. The Balaban J connectivity index is 1.83. The van der Waals surface area contributed by atoms with Crippen molar-refractivity contribution in [3.05, 3.63) is 54.6 Å². The zero-order chi connectivity index (χ0) is 17.4. The number of aromatic nitrogens is 1. The van der Waals surface area contributed by atoms with Gasteiger partial charge in [0.25, 0.3) is 0 Å². The van der Waals surface area contributed by atoms with Crippen LogP contribution in [-0.4, -0.2) is 30.2 Å². The molecule has 2 rings (SSSR count). The fourth-order valence-electron chi connectivity index (χ4n) is 2.70. The topological polar surface area (TPSA) is 64.3 Å². The van der Waals surface area contributed by atoms with Crippen LogP contribution < -0.4 is 4.57 Å². The number of unbranched alkanes of at least 4 members (excludes halogenated alkanes) is 2. The molecular weight excluding hydrogens is 324 g/mol. The van der Waals surface area contributed by atoms with Gasteiger partial charge in [0.05, 0.1) is 10.1 Å². The Bertz CT molecular complexity index is 652. The van der Waals surface area contributed by atoms with E-state index in [0.29, 0.717) is 13.0 Å². The Hall–Kier alpha value is -1.66. The monoisotopic (exact) mass is 350 g/mol. The molecule has 0 saturated heterocycles. The van der Waals surface area contributed by atoms with Crippen LogP contribution in [0.25, 0.3) is 0 Å². The van der Waals surface area contributed by atoms with Gasteiger partial charge in [0, 0.05) is 49.2 Å². The fourth-order valence-corrected chi connectivity index (χ4v) is 3.18. The molecule has 0 unspecified atom stereocenters. The molecule has 132 valence electrons. The highest BCUT2D eigenvalue weighted by Crippen LogP contribution is 2.22. The third-order valence-electron chi connectivity index (χ3n) is 4.10. The molecule has 0 aromatic carbocycles. The van der Waals surface area contributed by atoms with E-state index in [-0.39, 0.29) is 11.7 Å². The Morgan fingerprint density at radius 1 is 1.12 bits per heavy atom. The Kier molecular flexibility index (Phi) is 6.99. The fraction of sp³-hybridized carbons (Fsp3) is 0.500. The van der Waals surface area contributed by atoms with E-state index in [9.17, 15) is 13.0 Å². The first kappa shape index (κ1) is 18.7. The van der Waals surface area contributed by atoms with Crippen molar-refractivity contribution in [1.82, 2.24) is 4.90 Å². The number of nitrogens with zero attached hydrogens (tertiary/aromatic N) is 2. The van der Waals surface area contributed by atoms with E-state index in [4.69, 9.17) is 0 Å². The van der Waals surface area contributed by atoms with Crippen LogP contribution in [0.5, 0.6) is 0 Å². The van der Waals surface area contributed by atoms with Crippen LogP contribution in [0, 0.1) is 0 Å². The molecule has 1 aromatic heterocycles. The molecule has 0 radical (unpaired) electrons. The zero-order valence-electron chi connectivity index (χ0n) is 14.2. The molecule has 0 aliphatic carbocycles. The smallest absolute Gasteiger partial charge is 0.169 e. The van der Waals surface area contributed by atoms with Crippen molar-refractivity contribution in [1.29, 1.82) is 0 Å². The van der Waals surface area contributed by atoms with Gasteiger partial charge in [-0.3, -0.25) is 0 Å². The molecule has 0 atom stereocenters. The summed E-state index contributed by atoms with van der Waals surface area (Å²) in [6.45, 7) is 3.80. The first-order valence-electron chi connectivity index (χ1n) is 8.53. The minimum atomic E-state index is -4.12. The van der Waals surface area contributed by atoms with E-state index in [1.165, 1.54) is 24.8 Å². The number of pyridine rings is 1. The summed E-state index contributed by atoms with van der Waals surface area (Å²) in [6, 6.07) is 4.08. The van der Waals surface area contributed by atoms with Crippen LogP contribution in [0.3, 0.4) is 0 Å². The third kappa shape index (κ3) is 6.45. The molecule has 0 fully saturated rings. The molecule has 5 nitrogen and oxygen atoms in total. The van der Waals surface area contributed by atoms with E-state index >= 15 is 0 Å². The van der Waals surface area contributed by atoms with Crippen molar-refractivity contribution in [2.75, 3.05) is 12.3 Å². The van der Waals surface area contributed by atoms with Crippen LogP contribution in [0.4, 0.5) is 0 Å². The maximum atomic E-state index is 10.6. The van der Waals surface area contributed by atoms with Crippen molar-refractivity contribution in [2.45, 2.75) is 45.1 Å². The van der Waals surface area contributed by atoms with E-state index < -0.39 is 10.1 Å². The summed E-state index contributed by atoms with van der Waals surface area (Å²) >= 11 is 0. The molecule has 6 heteroatoms. The lowest BCUT2D eigenvalue weighted by atomic mass is 9.98. The van der Waals surface area contributed by atoms with Crippen LogP contribution in [0.2, 0.25) is 0 Å². The van der Waals surface area contributed by atoms with Crippen LogP contribution >= 0.6 is 0 Å². The van der Waals surface area contributed by atoms with Crippen molar-refractivity contribution in [3.63, 3.8) is 0 Å². The first-order chi connectivity index (χ1) is 11.5. The molecule has 0 bridgehead atoms. The molecule has 0 spiro atoms. The standard InChI is InChI=1S/C18H26N2O3S/c1-2-3-4-10-19-12-6-17(7-13-19)18-8-14-20(15-9-18)11-5-16-24(21,22)23/h6-9,12-15,17H,2-5,10-11,16H2,1H3. The second kappa shape index (κ2) is 8.99. The summed E-state index contributed by atoms with van der Waals surface area (Å²) in [5.41, 5.74) is 1.20. The first-order valence-corrected chi connectivity index (χ1v) is 10.1. The Morgan fingerprint density at radius 2 is 1.79 bits per heavy atom.